The molecule has 0 fully saturated rings. The Kier molecular flexibility index (Phi) is 9.37. The molecule has 1 N–H and O–H groups in total. The van der Waals surface area contributed by atoms with E-state index in [4.69, 9.17) is 9.47 Å². The van der Waals surface area contributed by atoms with Crippen molar-refractivity contribution >= 4 is 17.8 Å². The highest BCUT2D eigenvalue weighted by Crippen LogP contribution is 2.35. The van der Waals surface area contributed by atoms with E-state index in [-0.39, 0.29) is 23.7 Å². The molecule has 0 radical (unpaired) electrons. The number of nitriles is 1. The SMILES string of the molecule is COCc1cc(C)nc(OCC(=O)N/N=C\c2cc(-c3ccccc3)n(-c3ccc([N+](=O)[O-])cc3)c2-c2ccccc2)c1C#N. The molecule has 2 heterocycles. The minimum Gasteiger partial charge on any atom is -0.467 e. The van der Waals surface area contributed by atoms with Gasteiger partial charge in [0.2, 0.25) is 5.88 Å². The van der Waals surface area contributed by atoms with E-state index in [1.54, 1.807) is 25.1 Å². The molecular formula is C34H28N6O5. The number of aromatic nitrogens is 2. The second-order valence-corrected chi connectivity index (χ2v) is 9.90. The Morgan fingerprint density at radius 1 is 1.04 bits per heavy atom. The Labute approximate surface area is 259 Å². The van der Waals surface area contributed by atoms with Gasteiger partial charge in [-0.2, -0.15) is 10.4 Å². The first kappa shape index (κ1) is 30.3. The van der Waals surface area contributed by atoms with Crippen LogP contribution in [-0.4, -0.2) is 40.3 Å². The van der Waals surface area contributed by atoms with Crippen LogP contribution in [0.3, 0.4) is 0 Å². The third kappa shape index (κ3) is 6.93. The van der Waals surface area contributed by atoms with Crippen LogP contribution in [0.5, 0.6) is 5.88 Å². The van der Waals surface area contributed by atoms with Gasteiger partial charge in [-0.1, -0.05) is 60.7 Å². The molecule has 0 spiro atoms. The molecule has 11 heteroatoms. The lowest BCUT2D eigenvalue weighted by Crippen LogP contribution is -2.25. The van der Waals surface area contributed by atoms with Crippen LogP contribution >= 0.6 is 0 Å². The van der Waals surface area contributed by atoms with Gasteiger partial charge >= 0.3 is 0 Å². The summed E-state index contributed by atoms with van der Waals surface area (Å²) in [4.78, 5) is 27.9. The topological polar surface area (TPSA) is 145 Å². The Balaban J connectivity index is 1.47. The number of nitro groups is 1. The minimum absolute atomic E-state index is 0.0159. The lowest BCUT2D eigenvalue weighted by Gasteiger charge is -2.15. The number of hydrogen-bond donors (Lipinski definition) is 1. The maximum absolute atomic E-state index is 12.7. The maximum atomic E-state index is 12.7. The summed E-state index contributed by atoms with van der Waals surface area (Å²) in [6.07, 6.45) is 1.54. The predicted octanol–water partition coefficient (Wildman–Crippen LogP) is 5.97. The van der Waals surface area contributed by atoms with Gasteiger partial charge in [0.05, 0.1) is 29.1 Å². The van der Waals surface area contributed by atoms with E-state index in [0.29, 0.717) is 22.5 Å². The van der Waals surface area contributed by atoms with Crippen molar-refractivity contribution in [3.8, 4) is 40.2 Å². The van der Waals surface area contributed by atoms with Crippen molar-refractivity contribution in [1.29, 1.82) is 5.26 Å². The van der Waals surface area contributed by atoms with E-state index in [2.05, 4.69) is 21.6 Å². The zero-order valence-corrected chi connectivity index (χ0v) is 24.5. The number of amides is 1. The molecule has 0 aliphatic heterocycles. The smallest absolute Gasteiger partial charge is 0.278 e. The number of benzene rings is 3. The summed E-state index contributed by atoms with van der Waals surface area (Å²) in [7, 11) is 1.52. The molecule has 2 aromatic heterocycles. The van der Waals surface area contributed by atoms with E-state index in [1.165, 1.54) is 25.5 Å². The summed E-state index contributed by atoms with van der Waals surface area (Å²) in [5, 5.41) is 25.2. The van der Waals surface area contributed by atoms with Gasteiger partial charge in [0.1, 0.15) is 11.6 Å². The average Bonchev–Trinajstić information content (AvgIpc) is 3.44. The molecule has 0 bridgehead atoms. The van der Waals surface area contributed by atoms with E-state index >= 15 is 0 Å². The summed E-state index contributed by atoms with van der Waals surface area (Å²) >= 11 is 0. The molecule has 0 unspecified atom stereocenters. The van der Waals surface area contributed by atoms with Gasteiger partial charge in [0.25, 0.3) is 11.6 Å². The first-order valence-corrected chi connectivity index (χ1v) is 13.8. The molecule has 3 aromatic carbocycles. The van der Waals surface area contributed by atoms with Gasteiger partial charge < -0.3 is 14.0 Å². The van der Waals surface area contributed by atoms with Gasteiger partial charge in [-0.15, -0.1) is 0 Å². The van der Waals surface area contributed by atoms with Gasteiger partial charge in [0, 0.05) is 41.8 Å². The second-order valence-electron chi connectivity index (χ2n) is 9.90. The number of carbonyl (C=O) groups is 1. The van der Waals surface area contributed by atoms with Crippen LogP contribution in [0.2, 0.25) is 0 Å². The minimum atomic E-state index is -0.550. The third-order valence-electron chi connectivity index (χ3n) is 6.81. The van der Waals surface area contributed by atoms with Gasteiger partial charge in [-0.25, -0.2) is 10.4 Å². The molecule has 0 saturated carbocycles. The average molecular weight is 601 g/mol. The second kappa shape index (κ2) is 13.9. The van der Waals surface area contributed by atoms with Crippen LogP contribution < -0.4 is 10.2 Å². The number of nitro benzene ring substituents is 1. The van der Waals surface area contributed by atoms with Gasteiger partial charge in [-0.3, -0.25) is 14.9 Å². The first-order chi connectivity index (χ1) is 21.9. The van der Waals surface area contributed by atoms with Crippen molar-refractivity contribution in [2.45, 2.75) is 13.5 Å². The lowest BCUT2D eigenvalue weighted by molar-refractivity contribution is -0.384. The molecule has 11 nitrogen and oxygen atoms in total. The molecule has 224 valence electrons. The summed E-state index contributed by atoms with van der Waals surface area (Å²) in [5.74, 6) is -0.506. The highest BCUT2D eigenvalue weighted by Gasteiger charge is 2.20. The van der Waals surface area contributed by atoms with Crippen molar-refractivity contribution in [3.05, 3.63) is 130 Å². The molecule has 0 atom stereocenters. The molecule has 0 saturated heterocycles. The van der Waals surface area contributed by atoms with Gasteiger partial charge in [-0.05, 0) is 42.3 Å². The number of carbonyl (C=O) groups excluding carboxylic acids is 1. The fourth-order valence-electron chi connectivity index (χ4n) is 4.88. The lowest BCUT2D eigenvalue weighted by atomic mass is 10.1. The maximum Gasteiger partial charge on any atom is 0.278 e. The van der Waals surface area contributed by atoms with Crippen LogP contribution in [0.25, 0.3) is 28.2 Å². The number of nitrogens with one attached hydrogen (secondary N) is 1. The Morgan fingerprint density at radius 2 is 1.71 bits per heavy atom. The van der Waals surface area contributed by atoms with Crippen LogP contribution in [0, 0.1) is 28.4 Å². The van der Waals surface area contributed by atoms with E-state index in [9.17, 15) is 20.2 Å². The van der Waals surface area contributed by atoms with Crippen molar-refractivity contribution < 1.29 is 19.2 Å². The highest BCUT2D eigenvalue weighted by molar-refractivity contribution is 5.94. The predicted molar refractivity (Wildman–Crippen MR) is 169 cm³/mol. The van der Waals surface area contributed by atoms with E-state index in [1.807, 2.05) is 71.3 Å². The first-order valence-electron chi connectivity index (χ1n) is 13.8. The van der Waals surface area contributed by atoms with Gasteiger partial charge in [0.15, 0.2) is 6.61 Å². The van der Waals surface area contributed by atoms with Crippen molar-refractivity contribution in [3.63, 3.8) is 0 Å². The molecular weight excluding hydrogens is 572 g/mol. The summed E-state index contributed by atoms with van der Waals surface area (Å²) in [6.45, 7) is 1.54. The number of rotatable bonds is 11. The number of nitrogens with zero attached hydrogens (tertiary/aromatic N) is 5. The highest BCUT2D eigenvalue weighted by atomic mass is 16.6. The number of ether oxygens (including phenoxy) is 2. The van der Waals surface area contributed by atoms with Crippen molar-refractivity contribution in [2.24, 2.45) is 5.10 Å². The quantitative estimate of drug-likeness (QED) is 0.112. The van der Waals surface area contributed by atoms with Crippen LogP contribution in [0.4, 0.5) is 5.69 Å². The van der Waals surface area contributed by atoms with Crippen molar-refractivity contribution in [2.75, 3.05) is 13.7 Å². The monoisotopic (exact) mass is 600 g/mol. The standard InChI is InChI=1S/C34H28N6O5/c1-23-17-27(21-44-2)30(19-35)34(37-23)45-22-32(41)38-36-20-26-18-31(24-9-5-3-6-10-24)39(33(26)25-11-7-4-8-12-25)28-13-15-29(16-14-28)40(42)43/h3-18,20H,21-22H2,1-2H3,(H,38,41)/b36-20-. The molecule has 5 aromatic rings. The summed E-state index contributed by atoms with van der Waals surface area (Å²) < 4.78 is 12.8. The number of hydrazone groups is 1. The molecule has 5 rings (SSSR count). The van der Waals surface area contributed by atoms with Crippen molar-refractivity contribution in [1.82, 2.24) is 15.0 Å². The number of hydrogen-bond acceptors (Lipinski definition) is 8. The van der Waals surface area contributed by atoms with Crippen LogP contribution in [0.1, 0.15) is 22.4 Å². The molecule has 1 amide bonds. The fourth-order valence-corrected chi connectivity index (χ4v) is 4.88. The zero-order valence-electron chi connectivity index (χ0n) is 24.5. The van der Waals surface area contributed by atoms with E-state index in [0.717, 1.165) is 22.5 Å². The number of non-ortho nitro benzene ring substituents is 1. The fraction of sp³-hybridized carbons (Fsp3) is 0.118. The largest absolute Gasteiger partial charge is 0.467 e. The number of aryl methyl sites for hydroxylation is 1. The van der Waals surface area contributed by atoms with Crippen LogP contribution in [0.15, 0.2) is 102 Å². The third-order valence-corrected chi connectivity index (χ3v) is 6.81. The Morgan fingerprint density at radius 3 is 2.33 bits per heavy atom. The number of methoxy groups -OCH3 is 1. The summed E-state index contributed by atoms with van der Waals surface area (Å²) in [6, 6.07) is 31.4. The molecule has 0 aliphatic rings. The Bertz CT molecular complexity index is 1900. The number of pyridine rings is 1. The zero-order chi connectivity index (χ0) is 31.8. The summed E-state index contributed by atoms with van der Waals surface area (Å²) in [5.41, 5.74) is 8.68. The van der Waals surface area contributed by atoms with E-state index < -0.39 is 17.4 Å². The van der Waals surface area contributed by atoms with Crippen LogP contribution in [-0.2, 0) is 16.1 Å². The molecule has 0 aliphatic carbocycles. The molecule has 45 heavy (non-hydrogen) atoms. The Hall–Kier alpha value is -6.12. The normalized spacial score (nSPS) is 10.9.